The van der Waals surface area contributed by atoms with Crippen molar-refractivity contribution in [1.82, 2.24) is 43.3 Å². The molecule has 76 heavy (non-hydrogen) atoms. The molecular formula is C59H88N12O5. The molecule has 414 valence electrons. The maximum absolute atomic E-state index is 12.3. The van der Waals surface area contributed by atoms with Crippen LogP contribution < -0.4 is 20.9 Å². The van der Waals surface area contributed by atoms with Crippen molar-refractivity contribution in [3.63, 3.8) is 0 Å². The van der Waals surface area contributed by atoms with E-state index in [0.717, 1.165) is 129 Å². The van der Waals surface area contributed by atoms with E-state index in [4.69, 9.17) is 24.4 Å². The first-order chi connectivity index (χ1) is 36.1. The Morgan fingerprint density at radius 2 is 0.947 bits per heavy atom. The highest BCUT2D eigenvalue weighted by Crippen LogP contribution is 2.36. The number of nitrogens with zero attached hydrogens (tertiary/aromatic N) is 9. The lowest BCUT2D eigenvalue weighted by Gasteiger charge is -2.34. The van der Waals surface area contributed by atoms with Gasteiger partial charge in [-0.3, -0.25) is 18.0 Å². The fourth-order valence-electron chi connectivity index (χ4n) is 11.2. The number of nitrogens with one attached hydrogen (secondary N) is 3. The number of anilines is 3. The number of hydrogen-bond donors (Lipinski definition) is 3. The highest BCUT2D eigenvalue weighted by atomic mass is 16.6. The van der Waals surface area contributed by atoms with Gasteiger partial charge in [0.05, 0.1) is 17.1 Å². The highest BCUT2D eigenvalue weighted by molar-refractivity contribution is 5.76. The van der Waals surface area contributed by atoms with E-state index in [9.17, 15) is 14.4 Å². The average molecular weight is 1050 g/mol. The Kier molecular flexibility index (Phi) is 18.3. The molecule has 3 N–H and O–H groups in total. The number of rotatable bonds is 10. The normalized spacial score (nSPS) is 16.0. The first-order valence-corrected chi connectivity index (χ1v) is 27.9. The number of ether oxygens (including phenoxy) is 2. The zero-order valence-electron chi connectivity index (χ0n) is 48.4. The van der Waals surface area contributed by atoms with Crippen LogP contribution in [0.4, 0.5) is 27.0 Å². The number of piperidine rings is 3. The summed E-state index contributed by atoms with van der Waals surface area (Å²) in [7, 11) is 5.68. The van der Waals surface area contributed by atoms with E-state index in [1.54, 1.807) is 16.8 Å². The number of hydrogen-bond acceptors (Lipinski definition) is 11. The molecule has 3 aliphatic rings. The van der Waals surface area contributed by atoms with Gasteiger partial charge in [0, 0.05) is 65.9 Å². The average Bonchev–Trinajstić information content (AvgIpc) is 4.07. The smallest absolute Gasteiger partial charge is 0.410 e. The quantitative estimate of drug-likeness (QED) is 0.112. The summed E-state index contributed by atoms with van der Waals surface area (Å²) in [5, 5.41) is 10.0. The molecule has 6 aromatic heterocycles. The maximum atomic E-state index is 12.3. The van der Waals surface area contributed by atoms with Gasteiger partial charge in [-0.1, -0.05) is 20.8 Å². The molecule has 0 radical (unpaired) electrons. The molecule has 17 heteroatoms. The molecule has 9 rings (SSSR count). The molecule has 3 saturated heterocycles. The molecule has 3 fully saturated rings. The Labute approximate surface area is 451 Å². The van der Waals surface area contributed by atoms with Crippen molar-refractivity contribution >= 4 is 53.0 Å². The minimum absolute atomic E-state index is 0.201. The van der Waals surface area contributed by atoms with Gasteiger partial charge in [0.2, 0.25) is 6.41 Å². The summed E-state index contributed by atoms with van der Waals surface area (Å²) in [5.41, 5.74) is 13.1. The third-order valence-corrected chi connectivity index (χ3v) is 15.1. The fraction of sp³-hybridized carbons (Fsp3) is 0.593. The van der Waals surface area contributed by atoms with Crippen LogP contribution in [-0.4, -0.2) is 128 Å². The van der Waals surface area contributed by atoms with Gasteiger partial charge < -0.3 is 40.1 Å². The predicted molar refractivity (Wildman–Crippen MR) is 306 cm³/mol. The van der Waals surface area contributed by atoms with Crippen molar-refractivity contribution in [1.29, 1.82) is 0 Å². The van der Waals surface area contributed by atoms with Gasteiger partial charge in [0.15, 0.2) is 0 Å². The number of carbonyl (C=O) groups is 3. The molecule has 17 nitrogen and oxygen atoms in total. The van der Waals surface area contributed by atoms with Gasteiger partial charge in [-0.05, 0) is 203 Å². The lowest BCUT2D eigenvalue weighted by atomic mass is 9.88. The third kappa shape index (κ3) is 13.1. The SMILES string of the molecule is CCc1nc2cc(C)c(C3CCN(C(=O)OC(C)(C)C)CC3)cn2c1N(C)C=O.CCc1nc2cc(C)c(C3CCN(C(=O)OC(C)(C)C)CC3)cn2c1NC.CCc1nc2cc(C)c(C3CCNCC3)cn2c1NC. The highest BCUT2D eigenvalue weighted by Gasteiger charge is 2.31. The molecule has 9 heterocycles. The zero-order valence-corrected chi connectivity index (χ0v) is 48.4. The van der Waals surface area contributed by atoms with Crippen LogP contribution in [0.5, 0.6) is 0 Å². The molecule has 0 aromatic carbocycles. The molecule has 0 aliphatic carbocycles. The number of amides is 3. The summed E-state index contributed by atoms with van der Waals surface area (Å²) >= 11 is 0. The number of likely N-dealkylation sites (tertiary alicyclic amines) is 2. The van der Waals surface area contributed by atoms with Gasteiger partial charge in [0.1, 0.15) is 45.6 Å². The summed E-state index contributed by atoms with van der Waals surface area (Å²) in [5.74, 6) is 4.52. The number of imidazole rings is 3. The van der Waals surface area contributed by atoms with E-state index in [2.05, 4.69) is 96.2 Å². The van der Waals surface area contributed by atoms with Crippen molar-refractivity contribution in [3.05, 3.63) is 87.3 Å². The molecule has 0 spiro atoms. The second kappa shape index (κ2) is 24.3. The minimum Gasteiger partial charge on any atom is -0.444 e. The van der Waals surface area contributed by atoms with Crippen molar-refractivity contribution in [2.24, 2.45) is 0 Å². The van der Waals surface area contributed by atoms with Crippen LogP contribution in [0.2, 0.25) is 0 Å². The van der Waals surface area contributed by atoms with Crippen molar-refractivity contribution in [2.45, 2.75) is 170 Å². The molecule has 0 saturated carbocycles. The summed E-state index contributed by atoms with van der Waals surface area (Å²) in [4.78, 5) is 55.5. The largest absolute Gasteiger partial charge is 0.444 e. The molecule has 3 amide bonds. The van der Waals surface area contributed by atoms with Crippen LogP contribution in [0.1, 0.15) is 169 Å². The van der Waals surface area contributed by atoms with Crippen LogP contribution in [0.3, 0.4) is 0 Å². The Morgan fingerprint density at radius 1 is 0.605 bits per heavy atom. The number of fused-ring (bicyclic) bond motifs is 3. The van der Waals surface area contributed by atoms with Crippen molar-refractivity contribution in [3.8, 4) is 0 Å². The number of pyridine rings is 3. The van der Waals surface area contributed by atoms with Gasteiger partial charge in [-0.15, -0.1) is 0 Å². The standard InChI is InChI=1S/C22H32N4O3.C21H32N4O2.C16H24N4/c1-7-18-20(24(6)14-27)26-13-17(15(2)12-19(26)23-18)16-8-10-25(11-9-16)21(28)29-22(3,4)5;1-7-17-19(22-6)25-13-16(14(2)12-18(25)23-17)15-8-10-24(11-9-15)20(26)27-21(3,4)5;1-4-14-16(17-3)20-10-13(11(2)9-15(20)19-14)12-5-7-18-8-6-12/h12-14,16H,7-11H2,1-6H3;12-13,15,22H,7-11H2,1-6H3;9-10,12,17-18H,4-8H2,1-3H3. The van der Waals surface area contributed by atoms with Gasteiger partial charge >= 0.3 is 12.2 Å². The number of aromatic nitrogens is 6. The molecule has 0 unspecified atom stereocenters. The van der Waals surface area contributed by atoms with E-state index in [0.29, 0.717) is 30.8 Å². The lowest BCUT2D eigenvalue weighted by Crippen LogP contribution is -2.41. The predicted octanol–water partition coefficient (Wildman–Crippen LogP) is 11.0. The van der Waals surface area contributed by atoms with Crippen molar-refractivity contribution < 1.29 is 23.9 Å². The first-order valence-electron chi connectivity index (χ1n) is 27.9. The Hall–Kier alpha value is -6.36. The number of aryl methyl sites for hydroxylation is 6. The Balaban J connectivity index is 0.000000169. The fourth-order valence-corrected chi connectivity index (χ4v) is 11.2. The third-order valence-electron chi connectivity index (χ3n) is 15.1. The van der Waals surface area contributed by atoms with E-state index >= 15 is 0 Å². The first kappa shape index (κ1) is 57.3. The molecular weight excluding hydrogens is 957 g/mol. The van der Waals surface area contributed by atoms with Gasteiger partial charge in [0.25, 0.3) is 0 Å². The number of carbonyl (C=O) groups excluding carboxylic acids is 3. The maximum Gasteiger partial charge on any atom is 0.410 e. The van der Waals surface area contributed by atoms with Crippen LogP contribution in [-0.2, 0) is 33.5 Å². The van der Waals surface area contributed by atoms with Crippen LogP contribution in [0, 0.1) is 20.8 Å². The van der Waals surface area contributed by atoms with E-state index < -0.39 is 11.2 Å². The second-order valence-electron chi connectivity index (χ2n) is 22.9. The summed E-state index contributed by atoms with van der Waals surface area (Å²) in [6.45, 7) is 29.3. The monoisotopic (exact) mass is 1040 g/mol. The topological polar surface area (TPSA) is 167 Å². The molecule has 6 aromatic rings. The van der Waals surface area contributed by atoms with Crippen molar-refractivity contribution in [2.75, 3.05) is 75.9 Å². The van der Waals surface area contributed by atoms with E-state index in [-0.39, 0.29) is 12.2 Å². The Morgan fingerprint density at radius 3 is 1.29 bits per heavy atom. The van der Waals surface area contributed by atoms with Gasteiger partial charge in [-0.2, -0.15) is 0 Å². The van der Waals surface area contributed by atoms with Gasteiger partial charge in [-0.25, -0.2) is 24.5 Å². The summed E-state index contributed by atoms with van der Waals surface area (Å²) in [6, 6.07) is 6.50. The summed E-state index contributed by atoms with van der Waals surface area (Å²) < 4.78 is 17.4. The molecule has 0 bridgehead atoms. The van der Waals surface area contributed by atoms with Crippen LogP contribution >= 0.6 is 0 Å². The Bertz CT molecular complexity index is 2970. The summed E-state index contributed by atoms with van der Waals surface area (Å²) in [6.07, 6.45) is 15.8. The molecule has 0 atom stereocenters. The minimum atomic E-state index is -0.477. The zero-order chi connectivity index (χ0) is 55.2. The molecule has 3 aliphatic heterocycles. The lowest BCUT2D eigenvalue weighted by molar-refractivity contribution is -0.107. The second-order valence-corrected chi connectivity index (χ2v) is 22.9. The van der Waals surface area contributed by atoms with E-state index in [1.807, 2.05) is 71.9 Å². The van der Waals surface area contributed by atoms with Crippen LogP contribution in [0.25, 0.3) is 16.9 Å². The van der Waals surface area contributed by atoms with Crippen LogP contribution in [0.15, 0.2) is 36.8 Å². The van der Waals surface area contributed by atoms with E-state index in [1.165, 1.54) is 46.2 Å².